The van der Waals surface area contributed by atoms with Crippen molar-refractivity contribution in [1.82, 2.24) is 4.98 Å². The van der Waals surface area contributed by atoms with Crippen molar-refractivity contribution in [3.8, 4) is 0 Å². The number of halogens is 4. The van der Waals surface area contributed by atoms with Crippen LogP contribution in [0.1, 0.15) is 24.1 Å². The quantitative estimate of drug-likeness (QED) is 0.875. The van der Waals surface area contributed by atoms with Crippen LogP contribution in [-0.4, -0.2) is 4.98 Å². The molecule has 21 heavy (non-hydrogen) atoms. The van der Waals surface area contributed by atoms with Crippen LogP contribution in [0.25, 0.3) is 0 Å². The zero-order valence-corrected chi connectivity index (χ0v) is 11.8. The van der Waals surface area contributed by atoms with Gasteiger partial charge >= 0.3 is 6.18 Å². The maximum absolute atomic E-state index is 12.6. The molecular formula is C14H13ClF3N3. The van der Waals surface area contributed by atoms with E-state index in [0.29, 0.717) is 5.69 Å². The molecule has 0 aliphatic rings. The predicted octanol–water partition coefficient (Wildman–Crippen LogP) is 4.52. The normalized spacial score (nSPS) is 13.0. The molecule has 2 rings (SSSR count). The van der Waals surface area contributed by atoms with Crippen LogP contribution in [0.2, 0.25) is 5.02 Å². The van der Waals surface area contributed by atoms with Gasteiger partial charge in [0, 0.05) is 17.9 Å². The Morgan fingerprint density at radius 3 is 2.52 bits per heavy atom. The molecule has 7 heteroatoms. The van der Waals surface area contributed by atoms with E-state index in [4.69, 9.17) is 17.3 Å². The number of hydrogen-bond acceptors (Lipinski definition) is 3. The first kappa shape index (κ1) is 15.6. The van der Waals surface area contributed by atoms with Gasteiger partial charge in [-0.15, -0.1) is 0 Å². The number of anilines is 2. The van der Waals surface area contributed by atoms with Gasteiger partial charge in [0.1, 0.15) is 5.82 Å². The lowest BCUT2D eigenvalue weighted by Crippen LogP contribution is -2.09. The summed E-state index contributed by atoms with van der Waals surface area (Å²) in [6.45, 7) is 1.81. The summed E-state index contributed by atoms with van der Waals surface area (Å²) < 4.78 is 37.7. The number of nitrogens with one attached hydrogen (secondary N) is 1. The Labute approximate surface area is 124 Å². The van der Waals surface area contributed by atoms with Crippen LogP contribution in [-0.2, 0) is 6.18 Å². The molecule has 0 fully saturated rings. The molecular weight excluding hydrogens is 303 g/mol. The molecule has 0 spiro atoms. The summed E-state index contributed by atoms with van der Waals surface area (Å²) in [6, 6.07) is 7.80. The Morgan fingerprint density at radius 2 is 1.95 bits per heavy atom. The van der Waals surface area contributed by atoms with Crippen LogP contribution >= 0.6 is 11.6 Å². The van der Waals surface area contributed by atoms with E-state index in [1.165, 1.54) is 0 Å². The molecule has 0 bridgehead atoms. The SMILES string of the molecule is CC(N)c1ccccc1Nc1ncc(C(F)(F)F)cc1Cl. The van der Waals surface area contributed by atoms with Gasteiger partial charge in [-0.2, -0.15) is 13.2 Å². The second-order valence-electron chi connectivity index (χ2n) is 4.55. The van der Waals surface area contributed by atoms with Crippen molar-refractivity contribution >= 4 is 23.1 Å². The van der Waals surface area contributed by atoms with Crippen molar-refractivity contribution in [2.45, 2.75) is 19.1 Å². The van der Waals surface area contributed by atoms with Crippen molar-refractivity contribution in [3.05, 3.63) is 52.7 Å². The van der Waals surface area contributed by atoms with Crippen LogP contribution < -0.4 is 11.1 Å². The number of rotatable bonds is 3. The van der Waals surface area contributed by atoms with Gasteiger partial charge in [0.05, 0.1) is 10.6 Å². The molecule has 0 aliphatic heterocycles. The molecule has 3 N–H and O–H groups in total. The number of pyridine rings is 1. The van der Waals surface area contributed by atoms with Gasteiger partial charge in [0.15, 0.2) is 0 Å². The fraction of sp³-hybridized carbons (Fsp3) is 0.214. The highest BCUT2D eigenvalue weighted by Crippen LogP contribution is 2.34. The number of nitrogens with two attached hydrogens (primary N) is 1. The van der Waals surface area contributed by atoms with E-state index in [2.05, 4.69) is 10.3 Å². The van der Waals surface area contributed by atoms with E-state index < -0.39 is 11.7 Å². The molecule has 1 atom stereocenters. The second kappa shape index (κ2) is 5.91. The highest BCUT2D eigenvalue weighted by molar-refractivity contribution is 6.33. The van der Waals surface area contributed by atoms with Gasteiger partial charge in [-0.05, 0) is 24.6 Å². The Balaban J connectivity index is 2.33. The minimum absolute atomic E-state index is 0.107. The Morgan fingerprint density at radius 1 is 1.29 bits per heavy atom. The molecule has 2 aromatic rings. The molecule has 0 aliphatic carbocycles. The summed E-state index contributed by atoms with van der Waals surface area (Å²) in [5.74, 6) is 0.151. The maximum Gasteiger partial charge on any atom is 0.417 e. The van der Waals surface area contributed by atoms with Gasteiger partial charge in [-0.1, -0.05) is 29.8 Å². The minimum atomic E-state index is -4.47. The topological polar surface area (TPSA) is 50.9 Å². The number of aromatic nitrogens is 1. The van der Waals surface area contributed by atoms with Gasteiger partial charge in [-0.3, -0.25) is 0 Å². The summed E-state index contributed by atoms with van der Waals surface area (Å²) >= 11 is 5.86. The van der Waals surface area contributed by atoms with E-state index in [0.717, 1.165) is 17.8 Å². The molecule has 0 radical (unpaired) electrons. The largest absolute Gasteiger partial charge is 0.417 e. The molecule has 1 aromatic carbocycles. The van der Waals surface area contributed by atoms with Crippen LogP contribution in [0.3, 0.4) is 0 Å². The second-order valence-corrected chi connectivity index (χ2v) is 4.96. The van der Waals surface area contributed by atoms with E-state index in [9.17, 15) is 13.2 Å². The first-order valence-corrected chi connectivity index (χ1v) is 6.51. The molecule has 0 saturated carbocycles. The van der Waals surface area contributed by atoms with Gasteiger partial charge in [0.25, 0.3) is 0 Å². The average molecular weight is 316 g/mol. The summed E-state index contributed by atoms with van der Waals surface area (Å²) in [5.41, 5.74) is 6.42. The highest BCUT2D eigenvalue weighted by Gasteiger charge is 2.31. The van der Waals surface area contributed by atoms with E-state index >= 15 is 0 Å². The lowest BCUT2D eigenvalue weighted by Gasteiger charge is -2.15. The maximum atomic E-state index is 12.6. The smallest absolute Gasteiger partial charge is 0.339 e. The van der Waals surface area contributed by atoms with Crippen LogP contribution in [0.15, 0.2) is 36.5 Å². The van der Waals surface area contributed by atoms with Crippen molar-refractivity contribution in [3.63, 3.8) is 0 Å². The van der Waals surface area contributed by atoms with Crippen molar-refractivity contribution < 1.29 is 13.2 Å². The van der Waals surface area contributed by atoms with Crippen LogP contribution in [0, 0.1) is 0 Å². The van der Waals surface area contributed by atoms with E-state index in [-0.39, 0.29) is 16.9 Å². The van der Waals surface area contributed by atoms with Crippen LogP contribution in [0.5, 0.6) is 0 Å². The summed E-state index contributed by atoms with van der Waals surface area (Å²) in [5, 5.41) is 2.80. The lowest BCUT2D eigenvalue weighted by molar-refractivity contribution is -0.137. The number of benzene rings is 1. The third-order valence-electron chi connectivity index (χ3n) is 2.87. The predicted molar refractivity (Wildman–Crippen MR) is 76.6 cm³/mol. The minimum Gasteiger partial charge on any atom is -0.339 e. The molecule has 1 aromatic heterocycles. The molecule has 1 unspecified atom stereocenters. The van der Waals surface area contributed by atoms with Gasteiger partial charge < -0.3 is 11.1 Å². The van der Waals surface area contributed by atoms with Crippen molar-refractivity contribution in [2.24, 2.45) is 5.73 Å². The van der Waals surface area contributed by atoms with E-state index in [1.807, 2.05) is 19.1 Å². The third kappa shape index (κ3) is 3.65. The zero-order valence-electron chi connectivity index (χ0n) is 11.1. The third-order valence-corrected chi connectivity index (χ3v) is 3.16. The Kier molecular flexibility index (Phi) is 4.39. The van der Waals surface area contributed by atoms with Gasteiger partial charge in [0.2, 0.25) is 0 Å². The summed E-state index contributed by atoms with van der Waals surface area (Å²) in [6.07, 6.45) is -3.73. The monoisotopic (exact) mass is 315 g/mol. The zero-order chi connectivity index (χ0) is 15.6. The summed E-state index contributed by atoms with van der Waals surface area (Å²) in [4.78, 5) is 3.74. The highest BCUT2D eigenvalue weighted by atomic mass is 35.5. The number of para-hydroxylation sites is 1. The summed E-state index contributed by atoms with van der Waals surface area (Å²) in [7, 11) is 0. The fourth-order valence-corrected chi connectivity index (χ4v) is 2.03. The molecule has 1 heterocycles. The molecule has 0 saturated heterocycles. The van der Waals surface area contributed by atoms with E-state index in [1.54, 1.807) is 12.1 Å². The van der Waals surface area contributed by atoms with Crippen molar-refractivity contribution in [2.75, 3.05) is 5.32 Å². The molecule has 3 nitrogen and oxygen atoms in total. The lowest BCUT2D eigenvalue weighted by atomic mass is 10.1. The van der Waals surface area contributed by atoms with Crippen molar-refractivity contribution in [1.29, 1.82) is 0 Å². The Bertz CT molecular complexity index is 642. The average Bonchev–Trinajstić information content (AvgIpc) is 2.40. The first-order chi connectivity index (χ1) is 9.79. The first-order valence-electron chi connectivity index (χ1n) is 6.13. The standard InChI is InChI=1S/C14H13ClF3N3/c1-8(19)10-4-2-3-5-12(10)21-13-11(15)6-9(7-20-13)14(16,17)18/h2-8H,19H2,1H3,(H,20,21). The number of nitrogens with zero attached hydrogens (tertiary/aromatic N) is 1. The Hall–Kier alpha value is -1.79. The van der Waals surface area contributed by atoms with Gasteiger partial charge in [-0.25, -0.2) is 4.98 Å². The molecule has 0 amide bonds. The number of hydrogen-bond donors (Lipinski definition) is 2. The number of alkyl halides is 3. The fourth-order valence-electron chi connectivity index (χ4n) is 1.82. The molecule has 112 valence electrons. The van der Waals surface area contributed by atoms with Crippen LogP contribution in [0.4, 0.5) is 24.7 Å².